The molecule has 0 spiro atoms. The van der Waals surface area contributed by atoms with Crippen LogP contribution in [0.5, 0.6) is 0 Å². The van der Waals surface area contributed by atoms with E-state index in [1.165, 1.54) is 5.56 Å². The summed E-state index contributed by atoms with van der Waals surface area (Å²) < 4.78 is 5.35. The summed E-state index contributed by atoms with van der Waals surface area (Å²) in [6.45, 7) is 0.231. The summed E-state index contributed by atoms with van der Waals surface area (Å²) in [5, 5.41) is 2.42. The number of carbonyl (C=O) groups is 1. The first-order valence-corrected chi connectivity index (χ1v) is 7.88. The van der Waals surface area contributed by atoms with Crippen molar-refractivity contribution in [3.63, 3.8) is 0 Å². The van der Waals surface area contributed by atoms with Crippen molar-refractivity contribution in [2.45, 2.75) is 18.6 Å². The number of nitrogens with zero attached hydrogens (tertiary/aromatic N) is 1. The van der Waals surface area contributed by atoms with Gasteiger partial charge in [0.1, 0.15) is 12.7 Å². The normalized spacial score (nSPS) is 21.3. The van der Waals surface area contributed by atoms with Crippen LogP contribution in [-0.2, 0) is 9.57 Å². The lowest BCUT2D eigenvalue weighted by molar-refractivity contribution is -0.153. The van der Waals surface area contributed by atoms with Gasteiger partial charge in [-0.2, -0.15) is 5.06 Å². The SMILES string of the molecule is CN1O[C@H](COC(=O)c2ccc(Cl)cc2)C[C@H]1c1ccccc1. The number of hydroxylamine groups is 2. The van der Waals surface area contributed by atoms with Gasteiger partial charge in [-0.05, 0) is 29.8 Å². The molecule has 2 atom stereocenters. The van der Waals surface area contributed by atoms with Crippen LogP contribution in [0.2, 0.25) is 5.02 Å². The lowest BCUT2D eigenvalue weighted by atomic mass is 10.0. The second-order valence-electron chi connectivity index (χ2n) is 5.54. The molecule has 1 aliphatic heterocycles. The Kier molecular flexibility index (Phi) is 4.96. The summed E-state index contributed by atoms with van der Waals surface area (Å²) in [6.07, 6.45) is 0.649. The maximum atomic E-state index is 12.0. The highest BCUT2D eigenvalue weighted by molar-refractivity contribution is 6.30. The third-order valence-corrected chi connectivity index (χ3v) is 4.16. The highest BCUT2D eigenvalue weighted by Crippen LogP contribution is 2.32. The number of benzene rings is 2. The number of ether oxygens (including phenoxy) is 1. The van der Waals surface area contributed by atoms with Gasteiger partial charge in [0.05, 0.1) is 11.6 Å². The zero-order chi connectivity index (χ0) is 16.2. The van der Waals surface area contributed by atoms with E-state index in [-0.39, 0.29) is 24.7 Å². The van der Waals surface area contributed by atoms with Gasteiger partial charge in [-0.25, -0.2) is 4.79 Å². The highest BCUT2D eigenvalue weighted by Gasteiger charge is 2.32. The monoisotopic (exact) mass is 331 g/mol. The molecule has 23 heavy (non-hydrogen) atoms. The molecule has 0 aliphatic carbocycles. The van der Waals surface area contributed by atoms with Crippen LogP contribution in [0.15, 0.2) is 54.6 Å². The summed E-state index contributed by atoms with van der Waals surface area (Å²) >= 11 is 5.81. The third-order valence-electron chi connectivity index (χ3n) is 3.90. The molecule has 5 heteroatoms. The summed E-state index contributed by atoms with van der Waals surface area (Å²) in [5.74, 6) is -0.365. The van der Waals surface area contributed by atoms with Crippen LogP contribution in [0.3, 0.4) is 0 Å². The first kappa shape index (κ1) is 16.0. The van der Waals surface area contributed by atoms with E-state index in [2.05, 4.69) is 12.1 Å². The smallest absolute Gasteiger partial charge is 0.338 e. The van der Waals surface area contributed by atoms with Crippen molar-refractivity contribution in [3.05, 3.63) is 70.7 Å². The second kappa shape index (κ2) is 7.13. The standard InChI is InChI=1S/C18H18ClNO3/c1-20-17(13-5-3-2-4-6-13)11-16(23-20)12-22-18(21)14-7-9-15(19)10-8-14/h2-10,16-17H,11-12H2,1H3/t16-,17-/m0/s1. The maximum Gasteiger partial charge on any atom is 0.338 e. The molecule has 0 bridgehead atoms. The maximum absolute atomic E-state index is 12.0. The van der Waals surface area contributed by atoms with Crippen molar-refractivity contribution >= 4 is 17.6 Å². The Labute approximate surface area is 140 Å². The molecule has 0 radical (unpaired) electrons. The summed E-state index contributed by atoms with van der Waals surface area (Å²) in [6, 6.07) is 17.0. The van der Waals surface area contributed by atoms with E-state index in [1.807, 2.05) is 30.3 Å². The van der Waals surface area contributed by atoms with Crippen LogP contribution in [0.25, 0.3) is 0 Å². The van der Waals surface area contributed by atoms with Gasteiger partial charge in [-0.3, -0.25) is 4.84 Å². The molecule has 0 saturated carbocycles. The molecule has 0 aromatic heterocycles. The lowest BCUT2D eigenvalue weighted by Gasteiger charge is -2.17. The van der Waals surface area contributed by atoms with Gasteiger partial charge >= 0.3 is 5.97 Å². The zero-order valence-corrected chi connectivity index (χ0v) is 13.6. The van der Waals surface area contributed by atoms with Crippen LogP contribution in [-0.4, -0.2) is 30.8 Å². The minimum absolute atomic E-state index is 0.138. The average Bonchev–Trinajstić information content (AvgIpc) is 2.95. The predicted octanol–water partition coefficient (Wildman–Crippen LogP) is 3.87. The minimum Gasteiger partial charge on any atom is -0.459 e. The molecule has 0 unspecified atom stereocenters. The van der Waals surface area contributed by atoms with Crippen LogP contribution in [0.1, 0.15) is 28.4 Å². The largest absolute Gasteiger partial charge is 0.459 e. The Hall–Kier alpha value is -1.88. The van der Waals surface area contributed by atoms with Crippen molar-refractivity contribution in [1.29, 1.82) is 0 Å². The molecule has 3 rings (SSSR count). The van der Waals surface area contributed by atoms with E-state index >= 15 is 0 Å². The van der Waals surface area contributed by atoms with Crippen LogP contribution >= 0.6 is 11.6 Å². The second-order valence-corrected chi connectivity index (χ2v) is 5.98. The summed E-state index contributed by atoms with van der Waals surface area (Å²) in [5.41, 5.74) is 1.68. The molecular weight excluding hydrogens is 314 g/mol. The fraction of sp³-hybridized carbons (Fsp3) is 0.278. The number of esters is 1. The topological polar surface area (TPSA) is 38.8 Å². The molecule has 0 amide bonds. The molecule has 2 aromatic rings. The van der Waals surface area contributed by atoms with E-state index in [0.717, 1.165) is 6.42 Å². The lowest BCUT2D eigenvalue weighted by Crippen LogP contribution is -2.20. The van der Waals surface area contributed by atoms with Gasteiger partial charge in [0.25, 0.3) is 0 Å². The van der Waals surface area contributed by atoms with Crippen LogP contribution in [0, 0.1) is 0 Å². The van der Waals surface area contributed by atoms with Crippen molar-refractivity contribution in [2.75, 3.05) is 13.7 Å². The molecule has 120 valence electrons. The molecule has 4 nitrogen and oxygen atoms in total. The van der Waals surface area contributed by atoms with Gasteiger partial charge in [0.2, 0.25) is 0 Å². The zero-order valence-electron chi connectivity index (χ0n) is 12.8. The fourth-order valence-corrected chi connectivity index (χ4v) is 2.83. The summed E-state index contributed by atoms with van der Waals surface area (Å²) in [4.78, 5) is 17.8. The quantitative estimate of drug-likeness (QED) is 0.797. The fourth-order valence-electron chi connectivity index (χ4n) is 2.71. The van der Waals surface area contributed by atoms with Gasteiger partial charge in [-0.15, -0.1) is 0 Å². The Morgan fingerprint density at radius 3 is 2.61 bits per heavy atom. The van der Waals surface area contributed by atoms with E-state index in [4.69, 9.17) is 21.2 Å². The van der Waals surface area contributed by atoms with Gasteiger partial charge in [0, 0.05) is 18.5 Å². The first-order valence-electron chi connectivity index (χ1n) is 7.51. The molecule has 0 N–H and O–H groups in total. The Morgan fingerprint density at radius 1 is 1.22 bits per heavy atom. The van der Waals surface area contributed by atoms with Crippen LogP contribution in [0.4, 0.5) is 0 Å². The summed E-state index contributed by atoms with van der Waals surface area (Å²) in [7, 11) is 1.90. The molecule has 1 fully saturated rings. The predicted molar refractivity (Wildman–Crippen MR) is 88.2 cm³/mol. The van der Waals surface area contributed by atoms with Gasteiger partial charge in [0.15, 0.2) is 0 Å². The Balaban J connectivity index is 1.55. The van der Waals surface area contributed by atoms with Crippen molar-refractivity contribution in [1.82, 2.24) is 5.06 Å². The number of halogens is 1. The average molecular weight is 332 g/mol. The van der Waals surface area contributed by atoms with Gasteiger partial charge in [-0.1, -0.05) is 41.9 Å². The van der Waals surface area contributed by atoms with E-state index in [0.29, 0.717) is 10.6 Å². The van der Waals surface area contributed by atoms with Crippen molar-refractivity contribution in [3.8, 4) is 0 Å². The number of hydrogen-bond donors (Lipinski definition) is 0. The molecular formula is C18H18ClNO3. The van der Waals surface area contributed by atoms with E-state index < -0.39 is 0 Å². The van der Waals surface area contributed by atoms with Gasteiger partial charge < -0.3 is 4.74 Å². The number of hydrogen-bond acceptors (Lipinski definition) is 4. The van der Waals surface area contributed by atoms with E-state index in [9.17, 15) is 4.79 Å². The Morgan fingerprint density at radius 2 is 1.91 bits per heavy atom. The van der Waals surface area contributed by atoms with E-state index in [1.54, 1.807) is 24.3 Å². The third kappa shape index (κ3) is 3.91. The Bertz CT molecular complexity index is 660. The number of carbonyl (C=O) groups excluding carboxylic acids is 1. The molecule has 1 aliphatic rings. The van der Waals surface area contributed by atoms with Crippen molar-refractivity contribution < 1.29 is 14.4 Å². The highest BCUT2D eigenvalue weighted by atomic mass is 35.5. The molecule has 2 aromatic carbocycles. The first-order chi connectivity index (χ1) is 11.1. The molecule has 1 saturated heterocycles. The van der Waals surface area contributed by atoms with Crippen molar-refractivity contribution in [2.24, 2.45) is 0 Å². The minimum atomic E-state index is -0.365. The number of rotatable bonds is 4. The van der Waals surface area contributed by atoms with Crippen LogP contribution < -0.4 is 0 Å². The molecule has 1 heterocycles.